The Morgan fingerprint density at radius 3 is 2.92 bits per heavy atom. The fourth-order valence-corrected chi connectivity index (χ4v) is 3.43. The molecule has 1 aliphatic rings. The van der Waals surface area contributed by atoms with E-state index >= 15 is 0 Å². The molecule has 3 aromatic rings. The number of fused-ring (bicyclic) bond motifs is 1. The van der Waals surface area contributed by atoms with Crippen LogP contribution in [-0.2, 0) is 6.42 Å². The van der Waals surface area contributed by atoms with Crippen LogP contribution in [-0.4, -0.2) is 39.1 Å². The number of carbonyl (C=O) groups excluding carboxylic acids is 1. The Labute approximate surface area is 140 Å². The summed E-state index contributed by atoms with van der Waals surface area (Å²) >= 11 is 0. The molecular weight excluding hydrogens is 300 g/mol. The molecule has 2 aromatic heterocycles. The van der Waals surface area contributed by atoms with Crippen molar-refractivity contribution in [2.24, 2.45) is 5.92 Å². The molecule has 0 aliphatic carbocycles. The first-order valence-electron chi connectivity index (χ1n) is 8.20. The highest BCUT2D eigenvalue weighted by Crippen LogP contribution is 2.25. The molecule has 1 atom stereocenters. The van der Waals surface area contributed by atoms with Crippen molar-refractivity contribution in [3.63, 3.8) is 0 Å². The van der Waals surface area contributed by atoms with E-state index in [0.717, 1.165) is 31.4 Å². The number of para-hydroxylation sites is 1. The molecule has 1 amide bonds. The number of benzene rings is 1. The second-order valence-corrected chi connectivity index (χ2v) is 6.23. The fraction of sp³-hybridized carbons (Fsp3) is 0.263. The Balaban J connectivity index is 1.48. The second kappa shape index (κ2) is 6.35. The third-order valence-corrected chi connectivity index (χ3v) is 4.65. The van der Waals surface area contributed by atoms with Crippen molar-refractivity contribution in [3.8, 4) is 0 Å². The van der Waals surface area contributed by atoms with Gasteiger partial charge in [-0.3, -0.25) is 9.78 Å². The lowest BCUT2D eigenvalue weighted by Gasteiger charge is -2.16. The van der Waals surface area contributed by atoms with Crippen molar-refractivity contribution in [2.45, 2.75) is 12.8 Å². The molecule has 120 valence electrons. The van der Waals surface area contributed by atoms with E-state index in [1.165, 1.54) is 17.1 Å². The summed E-state index contributed by atoms with van der Waals surface area (Å²) in [4.78, 5) is 18.8. The monoisotopic (exact) mass is 318 g/mol. The van der Waals surface area contributed by atoms with Crippen LogP contribution in [0.5, 0.6) is 0 Å². The molecule has 1 saturated heterocycles. The highest BCUT2D eigenvalue weighted by molar-refractivity contribution is 5.94. The lowest BCUT2D eigenvalue weighted by atomic mass is 9.96. The predicted molar refractivity (Wildman–Crippen MR) is 91.5 cm³/mol. The van der Waals surface area contributed by atoms with Crippen molar-refractivity contribution in [2.75, 3.05) is 13.1 Å². The summed E-state index contributed by atoms with van der Waals surface area (Å²) in [6.07, 6.45) is 6.97. The average Bonchev–Trinajstić information content (AvgIpc) is 3.11. The van der Waals surface area contributed by atoms with E-state index < -0.39 is 0 Å². The quantitative estimate of drug-likeness (QED) is 0.745. The van der Waals surface area contributed by atoms with Gasteiger partial charge in [-0.1, -0.05) is 18.2 Å². The number of amides is 1. The normalized spacial score (nSPS) is 17.3. The molecule has 1 aromatic carbocycles. The number of rotatable bonds is 3. The first-order valence-corrected chi connectivity index (χ1v) is 8.20. The predicted octanol–water partition coefficient (Wildman–Crippen LogP) is 2.73. The zero-order chi connectivity index (χ0) is 16.4. The molecule has 5 heteroatoms. The Kier molecular flexibility index (Phi) is 3.91. The molecule has 4 rings (SSSR count). The molecule has 1 aliphatic heterocycles. The Morgan fingerprint density at radius 1 is 1.12 bits per heavy atom. The first kappa shape index (κ1) is 14.8. The zero-order valence-corrected chi connectivity index (χ0v) is 13.3. The van der Waals surface area contributed by atoms with Gasteiger partial charge < -0.3 is 4.90 Å². The average molecular weight is 318 g/mol. The van der Waals surface area contributed by atoms with E-state index in [-0.39, 0.29) is 5.91 Å². The minimum atomic E-state index is 0.0481. The second-order valence-electron chi connectivity index (χ2n) is 6.23. The number of aromatic nitrogens is 3. The van der Waals surface area contributed by atoms with Gasteiger partial charge in [-0.2, -0.15) is 10.2 Å². The van der Waals surface area contributed by atoms with Gasteiger partial charge >= 0.3 is 0 Å². The maximum Gasteiger partial charge on any atom is 0.255 e. The van der Waals surface area contributed by atoms with Gasteiger partial charge in [0.15, 0.2) is 0 Å². The minimum absolute atomic E-state index is 0.0481. The number of nitrogens with zero attached hydrogens (tertiary/aromatic N) is 4. The number of carbonyl (C=O) groups is 1. The van der Waals surface area contributed by atoms with Crippen molar-refractivity contribution in [3.05, 3.63) is 66.1 Å². The highest BCUT2D eigenvalue weighted by Gasteiger charge is 2.27. The zero-order valence-electron chi connectivity index (χ0n) is 13.3. The van der Waals surface area contributed by atoms with Gasteiger partial charge in [-0.05, 0) is 42.5 Å². The topological polar surface area (TPSA) is 59.0 Å². The van der Waals surface area contributed by atoms with Gasteiger partial charge in [0.25, 0.3) is 5.91 Å². The smallest absolute Gasteiger partial charge is 0.255 e. The summed E-state index contributed by atoms with van der Waals surface area (Å²) in [5.41, 5.74) is 2.95. The lowest BCUT2D eigenvalue weighted by Crippen LogP contribution is -2.29. The Morgan fingerprint density at radius 2 is 2.04 bits per heavy atom. The number of hydrogen-bond acceptors (Lipinski definition) is 4. The highest BCUT2D eigenvalue weighted by atomic mass is 16.2. The summed E-state index contributed by atoms with van der Waals surface area (Å²) in [7, 11) is 0. The van der Waals surface area contributed by atoms with Gasteiger partial charge in [0.2, 0.25) is 0 Å². The van der Waals surface area contributed by atoms with Crippen LogP contribution in [0.4, 0.5) is 0 Å². The molecule has 0 unspecified atom stereocenters. The summed E-state index contributed by atoms with van der Waals surface area (Å²) in [6, 6.07) is 12.0. The van der Waals surface area contributed by atoms with E-state index in [9.17, 15) is 4.79 Å². The molecular formula is C19H18N4O. The summed E-state index contributed by atoms with van der Waals surface area (Å²) < 4.78 is 0. The molecule has 0 spiro atoms. The van der Waals surface area contributed by atoms with Crippen LogP contribution in [0.15, 0.2) is 55.0 Å². The molecule has 24 heavy (non-hydrogen) atoms. The molecule has 0 saturated carbocycles. The van der Waals surface area contributed by atoms with Crippen LogP contribution >= 0.6 is 0 Å². The third-order valence-electron chi connectivity index (χ3n) is 4.65. The van der Waals surface area contributed by atoms with Gasteiger partial charge in [-0.25, -0.2) is 0 Å². The minimum Gasteiger partial charge on any atom is -0.338 e. The maximum absolute atomic E-state index is 12.5. The van der Waals surface area contributed by atoms with Crippen LogP contribution in [0, 0.1) is 5.92 Å². The van der Waals surface area contributed by atoms with Crippen LogP contribution in [0.25, 0.3) is 10.9 Å². The molecule has 3 heterocycles. The number of likely N-dealkylation sites (tertiary alicyclic amines) is 1. The molecule has 0 radical (unpaired) electrons. The van der Waals surface area contributed by atoms with Crippen LogP contribution in [0.2, 0.25) is 0 Å². The van der Waals surface area contributed by atoms with Gasteiger partial charge in [0, 0.05) is 24.7 Å². The van der Waals surface area contributed by atoms with Crippen molar-refractivity contribution in [1.29, 1.82) is 0 Å². The van der Waals surface area contributed by atoms with E-state index in [4.69, 9.17) is 0 Å². The summed E-state index contributed by atoms with van der Waals surface area (Å²) in [5.74, 6) is 0.529. The van der Waals surface area contributed by atoms with E-state index in [0.29, 0.717) is 11.5 Å². The van der Waals surface area contributed by atoms with Gasteiger partial charge in [-0.15, -0.1) is 0 Å². The van der Waals surface area contributed by atoms with Gasteiger partial charge in [0.05, 0.1) is 23.5 Å². The summed E-state index contributed by atoms with van der Waals surface area (Å²) in [6.45, 7) is 1.59. The van der Waals surface area contributed by atoms with Crippen LogP contribution in [0.3, 0.4) is 0 Å². The van der Waals surface area contributed by atoms with Crippen molar-refractivity contribution in [1.82, 2.24) is 20.1 Å². The largest absolute Gasteiger partial charge is 0.338 e. The summed E-state index contributed by atoms with van der Waals surface area (Å²) in [5, 5.41) is 8.73. The van der Waals surface area contributed by atoms with Crippen LogP contribution < -0.4 is 0 Å². The third kappa shape index (κ3) is 2.85. The Hall–Kier alpha value is -2.82. The first-order chi connectivity index (χ1) is 11.8. The van der Waals surface area contributed by atoms with Crippen molar-refractivity contribution >= 4 is 16.8 Å². The van der Waals surface area contributed by atoms with Crippen molar-refractivity contribution < 1.29 is 4.79 Å². The molecule has 5 nitrogen and oxygen atoms in total. The Bertz CT molecular complexity index is 860. The molecule has 0 bridgehead atoms. The van der Waals surface area contributed by atoms with E-state index in [1.54, 1.807) is 12.3 Å². The van der Waals surface area contributed by atoms with E-state index in [1.807, 2.05) is 23.2 Å². The standard InChI is InChI=1S/C19H18N4O/c24-19(16-6-9-21-22-12-16)23-10-7-14(13-23)11-15-5-8-20-18-4-2-1-3-17(15)18/h1-6,8-9,12,14H,7,10-11,13H2/t14-/m0/s1. The van der Waals surface area contributed by atoms with Crippen LogP contribution in [0.1, 0.15) is 22.3 Å². The lowest BCUT2D eigenvalue weighted by molar-refractivity contribution is 0.0786. The fourth-order valence-electron chi connectivity index (χ4n) is 3.43. The molecule has 0 N–H and O–H groups in total. The number of hydrogen-bond donors (Lipinski definition) is 0. The SMILES string of the molecule is O=C(c1ccnnc1)N1CC[C@@H](Cc2ccnc3ccccc23)C1. The van der Waals surface area contributed by atoms with Gasteiger partial charge in [0.1, 0.15) is 0 Å². The number of pyridine rings is 1. The molecule has 1 fully saturated rings. The van der Waals surface area contributed by atoms with E-state index in [2.05, 4.69) is 33.4 Å². The maximum atomic E-state index is 12.5.